The molecule has 0 spiro atoms. The number of amides is 4. The van der Waals surface area contributed by atoms with Crippen molar-refractivity contribution in [2.45, 2.75) is 13.5 Å². The third-order valence-corrected chi connectivity index (χ3v) is 2.82. The first kappa shape index (κ1) is 9.78. The zero-order valence-electron chi connectivity index (χ0n) is 7.81. The van der Waals surface area contributed by atoms with E-state index >= 15 is 0 Å². The minimum atomic E-state index is -0.881. The highest BCUT2D eigenvalue weighted by atomic mass is 32.1. The van der Waals surface area contributed by atoms with E-state index in [0.717, 1.165) is 10.6 Å². The summed E-state index contributed by atoms with van der Waals surface area (Å²) in [6.45, 7) is 1.87. The second-order valence-electron chi connectivity index (χ2n) is 3.03. The predicted molar refractivity (Wildman–Crippen MR) is 50.9 cm³/mol. The molecule has 2 rings (SSSR count). The molecule has 1 aromatic heterocycles. The molecule has 6 nitrogen and oxygen atoms in total. The largest absolute Gasteiger partial charge is 0.331 e. The molecule has 1 saturated heterocycles. The quantitative estimate of drug-likeness (QED) is 0.569. The van der Waals surface area contributed by atoms with Gasteiger partial charge in [-0.3, -0.25) is 14.9 Å². The minimum Gasteiger partial charge on any atom is -0.269 e. The lowest BCUT2D eigenvalue weighted by molar-refractivity contribution is -0.140. The molecule has 0 unspecified atom stereocenters. The molecule has 0 saturated carbocycles. The predicted octanol–water partition coefficient (Wildman–Crippen LogP) is 0.0299. The van der Waals surface area contributed by atoms with Crippen LogP contribution in [0.15, 0.2) is 5.38 Å². The van der Waals surface area contributed by atoms with Gasteiger partial charge in [0.15, 0.2) is 0 Å². The van der Waals surface area contributed by atoms with Crippen LogP contribution in [0.5, 0.6) is 0 Å². The molecule has 7 heteroatoms. The average Bonchev–Trinajstić information content (AvgIpc) is 2.67. The van der Waals surface area contributed by atoms with Gasteiger partial charge in [-0.15, -0.1) is 11.3 Å². The molecule has 0 aliphatic carbocycles. The van der Waals surface area contributed by atoms with Crippen molar-refractivity contribution in [3.05, 3.63) is 16.1 Å². The third-order valence-electron chi connectivity index (χ3n) is 1.86. The van der Waals surface area contributed by atoms with E-state index in [9.17, 15) is 14.4 Å². The molecule has 0 aromatic carbocycles. The number of nitrogens with one attached hydrogen (secondary N) is 1. The fourth-order valence-corrected chi connectivity index (χ4v) is 1.95. The number of aryl methyl sites for hydroxylation is 1. The maximum absolute atomic E-state index is 11.2. The fourth-order valence-electron chi connectivity index (χ4n) is 1.19. The van der Waals surface area contributed by atoms with Crippen LogP contribution >= 0.6 is 11.3 Å². The van der Waals surface area contributed by atoms with Crippen LogP contribution in [0.4, 0.5) is 4.79 Å². The minimum absolute atomic E-state index is 0.0505. The molecule has 78 valence electrons. The smallest absolute Gasteiger partial charge is 0.269 e. The summed E-state index contributed by atoms with van der Waals surface area (Å²) in [7, 11) is 0. The molecule has 1 fully saturated rings. The summed E-state index contributed by atoms with van der Waals surface area (Å²) in [5.74, 6) is -1.71. The van der Waals surface area contributed by atoms with Crippen molar-refractivity contribution in [3.63, 3.8) is 0 Å². The van der Waals surface area contributed by atoms with E-state index in [2.05, 4.69) is 4.98 Å². The molecule has 1 aliphatic rings. The van der Waals surface area contributed by atoms with Crippen molar-refractivity contribution in [3.8, 4) is 0 Å². The lowest BCUT2D eigenvalue weighted by Crippen LogP contribution is -2.30. The van der Waals surface area contributed by atoms with E-state index in [1.165, 1.54) is 11.3 Å². The number of hydrogen-bond donors (Lipinski definition) is 1. The molecule has 2 heterocycles. The molecule has 15 heavy (non-hydrogen) atoms. The van der Waals surface area contributed by atoms with Crippen molar-refractivity contribution in [1.82, 2.24) is 15.2 Å². The van der Waals surface area contributed by atoms with Crippen molar-refractivity contribution in [2.24, 2.45) is 0 Å². The van der Waals surface area contributed by atoms with Gasteiger partial charge in [0, 0.05) is 11.1 Å². The van der Waals surface area contributed by atoms with Gasteiger partial charge in [0.1, 0.15) is 5.01 Å². The van der Waals surface area contributed by atoms with Crippen LogP contribution in [0.25, 0.3) is 0 Å². The number of imide groups is 2. The molecule has 0 radical (unpaired) electrons. The van der Waals surface area contributed by atoms with Gasteiger partial charge in [-0.2, -0.15) is 0 Å². The Balaban J connectivity index is 2.16. The number of carbonyl (C=O) groups is 3. The van der Waals surface area contributed by atoms with Crippen molar-refractivity contribution in [1.29, 1.82) is 0 Å². The molecule has 1 N–H and O–H groups in total. The zero-order valence-corrected chi connectivity index (χ0v) is 8.63. The van der Waals surface area contributed by atoms with Gasteiger partial charge in [-0.05, 0) is 6.92 Å². The summed E-state index contributed by atoms with van der Waals surface area (Å²) in [6.07, 6.45) is 0. The van der Waals surface area contributed by atoms with E-state index in [0.29, 0.717) is 5.01 Å². The Bertz CT molecular complexity index is 454. The Labute approximate surface area is 88.9 Å². The SMILES string of the molecule is Cc1csc(CN2C(=O)NC(=O)C2=O)n1. The van der Waals surface area contributed by atoms with E-state index in [1.807, 2.05) is 17.6 Å². The first-order chi connectivity index (χ1) is 7.08. The van der Waals surface area contributed by atoms with Crippen LogP contribution in [-0.2, 0) is 16.1 Å². The number of urea groups is 1. The van der Waals surface area contributed by atoms with E-state index in [-0.39, 0.29) is 6.54 Å². The standard InChI is InChI=1S/C8H7N3O3S/c1-4-3-15-5(9-4)2-11-7(13)6(12)10-8(11)14/h3H,2H2,1H3,(H,10,12,14). The number of aromatic nitrogens is 1. The van der Waals surface area contributed by atoms with Gasteiger partial charge in [-0.1, -0.05) is 0 Å². The van der Waals surface area contributed by atoms with Gasteiger partial charge < -0.3 is 0 Å². The fraction of sp³-hybridized carbons (Fsp3) is 0.250. The average molecular weight is 225 g/mol. The molecular weight excluding hydrogens is 218 g/mol. The van der Waals surface area contributed by atoms with Gasteiger partial charge in [0.2, 0.25) is 0 Å². The molecular formula is C8H7N3O3S. The van der Waals surface area contributed by atoms with Gasteiger partial charge in [0.25, 0.3) is 0 Å². The van der Waals surface area contributed by atoms with Crippen LogP contribution in [-0.4, -0.2) is 27.7 Å². The molecule has 0 atom stereocenters. The number of thiazole rings is 1. The monoisotopic (exact) mass is 225 g/mol. The first-order valence-corrected chi connectivity index (χ1v) is 5.03. The van der Waals surface area contributed by atoms with Gasteiger partial charge >= 0.3 is 17.8 Å². The summed E-state index contributed by atoms with van der Waals surface area (Å²) in [5, 5.41) is 4.36. The van der Waals surface area contributed by atoms with Crippen LogP contribution in [0.3, 0.4) is 0 Å². The van der Waals surface area contributed by atoms with Crippen molar-refractivity contribution >= 4 is 29.2 Å². The van der Waals surface area contributed by atoms with Gasteiger partial charge in [-0.25, -0.2) is 14.7 Å². The Morgan fingerprint density at radius 2 is 2.20 bits per heavy atom. The highest BCUT2D eigenvalue weighted by Gasteiger charge is 2.37. The normalized spacial score (nSPS) is 16.1. The molecule has 1 aliphatic heterocycles. The van der Waals surface area contributed by atoms with Crippen LogP contribution in [0.1, 0.15) is 10.7 Å². The Morgan fingerprint density at radius 3 is 2.67 bits per heavy atom. The van der Waals surface area contributed by atoms with Crippen LogP contribution in [0, 0.1) is 6.92 Å². The van der Waals surface area contributed by atoms with Crippen LogP contribution in [0.2, 0.25) is 0 Å². The number of carbonyl (C=O) groups excluding carboxylic acids is 3. The topological polar surface area (TPSA) is 79.4 Å². The summed E-state index contributed by atoms with van der Waals surface area (Å²) in [5.41, 5.74) is 0.827. The highest BCUT2D eigenvalue weighted by Crippen LogP contribution is 2.13. The number of rotatable bonds is 2. The number of hydrogen-bond acceptors (Lipinski definition) is 5. The van der Waals surface area contributed by atoms with Crippen molar-refractivity contribution in [2.75, 3.05) is 0 Å². The lowest BCUT2D eigenvalue weighted by Gasteiger charge is -2.07. The second kappa shape index (κ2) is 3.43. The van der Waals surface area contributed by atoms with Gasteiger partial charge in [0.05, 0.1) is 6.54 Å². The second-order valence-corrected chi connectivity index (χ2v) is 3.98. The van der Waals surface area contributed by atoms with Crippen molar-refractivity contribution < 1.29 is 14.4 Å². The van der Waals surface area contributed by atoms with E-state index in [1.54, 1.807) is 0 Å². The summed E-state index contributed by atoms with van der Waals surface area (Å²) in [6, 6.07) is -0.683. The molecule has 0 bridgehead atoms. The Hall–Kier alpha value is -1.76. The first-order valence-electron chi connectivity index (χ1n) is 4.16. The van der Waals surface area contributed by atoms with E-state index < -0.39 is 17.8 Å². The number of nitrogens with zero attached hydrogens (tertiary/aromatic N) is 2. The Kier molecular flexibility index (Phi) is 2.24. The summed E-state index contributed by atoms with van der Waals surface area (Å²) in [4.78, 5) is 38.2. The summed E-state index contributed by atoms with van der Waals surface area (Å²) >= 11 is 1.35. The third kappa shape index (κ3) is 1.73. The Morgan fingerprint density at radius 1 is 1.47 bits per heavy atom. The van der Waals surface area contributed by atoms with E-state index in [4.69, 9.17) is 0 Å². The molecule has 4 amide bonds. The zero-order chi connectivity index (χ0) is 11.0. The molecule has 1 aromatic rings. The summed E-state index contributed by atoms with van der Waals surface area (Å²) < 4.78 is 0. The maximum Gasteiger partial charge on any atom is 0.331 e. The maximum atomic E-state index is 11.2. The van der Waals surface area contributed by atoms with Crippen LogP contribution < -0.4 is 5.32 Å². The lowest BCUT2D eigenvalue weighted by atomic mass is 10.5. The highest BCUT2D eigenvalue weighted by molar-refractivity contribution is 7.09.